The van der Waals surface area contributed by atoms with Crippen molar-refractivity contribution >= 4 is 43.9 Å². The van der Waals surface area contributed by atoms with Gasteiger partial charge in [-0.15, -0.1) is 10.2 Å². The van der Waals surface area contributed by atoms with E-state index in [-0.39, 0.29) is 5.13 Å². The molecule has 0 bridgehead atoms. The maximum atomic E-state index is 12.4. The van der Waals surface area contributed by atoms with Crippen LogP contribution in [0, 0.1) is 10.1 Å². The van der Waals surface area contributed by atoms with Gasteiger partial charge in [0.15, 0.2) is 9.24 Å². The van der Waals surface area contributed by atoms with Crippen LogP contribution in [0.2, 0.25) is 0 Å². The summed E-state index contributed by atoms with van der Waals surface area (Å²) >= 11 is 2.49. The number of nitrogens with one attached hydrogen (secondary N) is 1. The second kappa shape index (κ2) is 7.81. The topological polar surface area (TPSA) is 115 Å². The average Bonchev–Trinajstić information content (AvgIpc) is 3.07. The Hall–Kier alpha value is -2.50. The molecule has 0 spiro atoms. The van der Waals surface area contributed by atoms with Crippen LogP contribution in [-0.4, -0.2) is 23.5 Å². The minimum Gasteiger partial charge on any atom is -0.258 e. The maximum Gasteiger partial charge on any atom is 0.289 e. The van der Waals surface area contributed by atoms with Crippen molar-refractivity contribution in [2.45, 2.75) is 15.0 Å². The van der Waals surface area contributed by atoms with E-state index in [1.165, 1.54) is 30.0 Å². The molecule has 134 valence electrons. The molecular formula is C15H12N4O4S3. The van der Waals surface area contributed by atoms with Gasteiger partial charge in [-0.2, -0.15) is 0 Å². The maximum absolute atomic E-state index is 12.4. The number of aromatic nitrogens is 2. The average molecular weight is 408 g/mol. The van der Waals surface area contributed by atoms with Crippen LogP contribution in [0.15, 0.2) is 63.8 Å². The summed E-state index contributed by atoms with van der Waals surface area (Å²) in [6.45, 7) is 0. The molecule has 0 saturated carbocycles. The molecule has 8 nitrogen and oxygen atoms in total. The second-order valence-corrected chi connectivity index (χ2v) is 8.83. The number of nitro groups is 1. The summed E-state index contributed by atoms with van der Waals surface area (Å²) in [7, 11) is -4.14. The summed E-state index contributed by atoms with van der Waals surface area (Å²) in [4.78, 5) is 9.87. The number of hydrogen-bond donors (Lipinski definition) is 1. The third kappa shape index (κ3) is 4.36. The number of para-hydroxylation sites is 1. The Kier molecular flexibility index (Phi) is 5.49. The van der Waals surface area contributed by atoms with E-state index in [1.54, 1.807) is 0 Å². The fraction of sp³-hybridized carbons (Fsp3) is 0.0667. The Bertz CT molecular complexity index is 1020. The van der Waals surface area contributed by atoms with Crippen LogP contribution >= 0.6 is 23.1 Å². The molecule has 0 fully saturated rings. The lowest BCUT2D eigenvalue weighted by Crippen LogP contribution is -2.14. The summed E-state index contributed by atoms with van der Waals surface area (Å²) < 4.78 is 27.7. The summed E-state index contributed by atoms with van der Waals surface area (Å²) in [5.74, 6) is 0.673. The molecule has 11 heteroatoms. The van der Waals surface area contributed by atoms with Gasteiger partial charge < -0.3 is 0 Å². The Balaban J connectivity index is 1.73. The highest BCUT2D eigenvalue weighted by Crippen LogP contribution is 2.31. The van der Waals surface area contributed by atoms with E-state index in [1.807, 2.05) is 30.3 Å². The van der Waals surface area contributed by atoms with Gasteiger partial charge in [0.1, 0.15) is 0 Å². The minimum absolute atomic E-state index is 0.0544. The molecule has 1 aromatic heterocycles. The summed E-state index contributed by atoms with van der Waals surface area (Å²) in [6, 6.07) is 14.9. The van der Waals surface area contributed by atoms with Crippen LogP contribution in [0.25, 0.3) is 0 Å². The summed E-state index contributed by atoms with van der Waals surface area (Å²) in [6.07, 6.45) is 0. The monoisotopic (exact) mass is 408 g/mol. The van der Waals surface area contributed by atoms with Crippen LogP contribution in [0.3, 0.4) is 0 Å². The van der Waals surface area contributed by atoms with Gasteiger partial charge in [0.05, 0.1) is 4.92 Å². The zero-order valence-electron chi connectivity index (χ0n) is 13.1. The van der Waals surface area contributed by atoms with Crippen molar-refractivity contribution in [3.63, 3.8) is 0 Å². The SMILES string of the molecule is O=[N+]([O-])c1ccccc1S(=O)(=O)Nc1nnc(SCc2ccccc2)s1. The predicted molar refractivity (Wildman–Crippen MR) is 99.8 cm³/mol. The normalized spacial score (nSPS) is 11.2. The molecule has 0 radical (unpaired) electrons. The number of sulfonamides is 1. The Morgan fingerprint density at radius 1 is 1.08 bits per heavy atom. The predicted octanol–water partition coefficient (Wildman–Crippen LogP) is 3.54. The van der Waals surface area contributed by atoms with Gasteiger partial charge >= 0.3 is 0 Å². The van der Waals surface area contributed by atoms with E-state index in [0.717, 1.165) is 23.0 Å². The van der Waals surface area contributed by atoms with Crippen LogP contribution in [-0.2, 0) is 15.8 Å². The number of rotatable bonds is 7. The van der Waals surface area contributed by atoms with E-state index >= 15 is 0 Å². The molecular weight excluding hydrogens is 396 g/mol. The number of nitrogens with zero attached hydrogens (tertiary/aromatic N) is 3. The first-order valence-electron chi connectivity index (χ1n) is 7.22. The van der Waals surface area contributed by atoms with Gasteiger partial charge in [-0.3, -0.25) is 14.8 Å². The Morgan fingerprint density at radius 2 is 1.77 bits per heavy atom. The number of anilines is 1. The van der Waals surface area contributed by atoms with Crippen molar-refractivity contribution < 1.29 is 13.3 Å². The Labute approximate surface area is 157 Å². The van der Waals surface area contributed by atoms with Crippen LogP contribution in [0.4, 0.5) is 10.8 Å². The zero-order valence-corrected chi connectivity index (χ0v) is 15.6. The molecule has 0 aliphatic carbocycles. The quantitative estimate of drug-likeness (QED) is 0.361. The molecule has 26 heavy (non-hydrogen) atoms. The fourth-order valence-electron chi connectivity index (χ4n) is 2.03. The molecule has 2 aromatic carbocycles. The first-order valence-corrected chi connectivity index (χ1v) is 10.5. The van der Waals surface area contributed by atoms with E-state index in [9.17, 15) is 18.5 Å². The molecule has 3 aromatic rings. The number of hydrogen-bond acceptors (Lipinski definition) is 8. The lowest BCUT2D eigenvalue weighted by Gasteiger charge is -2.04. The molecule has 0 aliphatic heterocycles. The molecule has 1 N–H and O–H groups in total. The van der Waals surface area contributed by atoms with E-state index in [2.05, 4.69) is 14.9 Å². The van der Waals surface area contributed by atoms with E-state index in [4.69, 9.17) is 0 Å². The van der Waals surface area contributed by atoms with Crippen molar-refractivity contribution in [1.29, 1.82) is 0 Å². The smallest absolute Gasteiger partial charge is 0.258 e. The number of thioether (sulfide) groups is 1. The largest absolute Gasteiger partial charge is 0.289 e. The third-order valence-electron chi connectivity index (χ3n) is 3.18. The summed E-state index contributed by atoms with van der Waals surface area (Å²) in [5, 5.41) is 18.8. The first kappa shape index (κ1) is 18.3. The lowest BCUT2D eigenvalue weighted by molar-refractivity contribution is -0.387. The molecule has 0 atom stereocenters. The molecule has 0 amide bonds. The molecule has 0 saturated heterocycles. The van der Waals surface area contributed by atoms with Crippen molar-refractivity contribution in [3.8, 4) is 0 Å². The van der Waals surface area contributed by atoms with Gasteiger partial charge in [-0.1, -0.05) is 65.6 Å². The third-order valence-corrected chi connectivity index (χ3v) is 6.74. The van der Waals surface area contributed by atoms with Gasteiger partial charge in [-0.25, -0.2) is 8.42 Å². The van der Waals surface area contributed by atoms with Crippen molar-refractivity contribution in [2.75, 3.05) is 4.72 Å². The highest BCUT2D eigenvalue weighted by Gasteiger charge is 2.26. The highest BCUT2D eigenvalue weighted by molar-refractivity contribution is 8.00. The highest BCUT2D eigenvalue weighted by atomic mass is 32.2. The van der Waals surface area contributed by atoms with Crippen LogP contribution in [0.1, 0.15) is 5.56 Å². The van der Waals surface area contributed by atoms with Crippen LogP contribution < -0.4 is 4.72 Å². The van der Waals surface area contributed by atoms with Crippen molar-refractivity contribution in [2.24, 2.45) is 0 Å². The number of nitro benzene ring substituents is 1. The zero-order chi connectivity index (χ0) is 18.6. The van der Waals surface area contributed by atoms with Crippen molar-refractivity contribution in [1.82, 2.24) is 10.2 Å². The lowest BCUT2D eigenvalue weighted by atomic mass is 10.2. The molecule has 1 heterocycles. The first-order chi connectivity index (χ1) is 12.5. The van der Waals surface area contributed by atoms with Crippen molar-refractivity contribution in [3.05, 3.63) is 70.3 Å². The van der Waals surface area contributed by atoms with E-state index in [0.29, 0.717) is 10.1 Å². The molecule has 0 aliphatic rings. The number of benzene rings is 2. The standard InChI is InChI=1S/C15H12N4O4S3/c20-19(21)12-8-4-5-9-13(12)26(22,23)18-14-16-17-15(25-14)24-10-11-6-2-1-3-7-11/h1-9H,10H2,(H,16,18). The van der Waals surface area contributed by atoms with Gasteiger partial charge in [0, 0.05) is 11.8 Å². The fourth-order valence-corrected chi connectivity index (χ4v) is 5.15. The van der Waals surface area contributed by atoms with Gasteiger partial charge in [-0.05, 0) is 11.6 Å². The van der Waals surface area contributed by atoms with Gasteiger partial charge in [0.2, 0.25) is 5.13 Å². The molecule has 3 rings (SSSR count). The van der Waals surface area contributed by atoms with Gasteiger partial charge in [0.25, 0.3) is 15.7 Å². The van der Waals surface area contributed by atoms with Crippen LogP contribution in [0.5, 0.6) is 0 Å². The Morgan fingerprint density at radius 3 is 2.50 bits per heavy atom. The van der Waals surface area contributed by atoms with E-state index < -0.39 is 25.5 Å². The molecule has 0 unspecified atom stereocenters. The summed E-state index contributed by atoms with van der Waals surface area (Å²) in [5.41, 5.74) is 0.609. The minimum atomic E-state index is -4.14. The second-order valence-electron chi connectivity index (χ2n) is 4.98.